The molecule has 0 saturated carbocycles. The van der Waals surface area contributed by atoms with Gasteiger partial charge in [0.05, 0.1) is 16.5 Å². The van der Waals surface area contributed by atoms with Crippen molar-refractivity contribution in [3.8, 4) is 0 Å². The van der Waals surface area contributed by atoms with Crippen molar-refractivity contribution >= 4 is 21.2 Å². The molecule has 0 spiro atoms. The van der Waals surface area contributed by atoms with Crippen molar-refractivity contribution in [1.82, 2.24) is 18.8 Å². The number of alkyl halides is 3. The molecule has 148 valence electrons. The Morgan fingerprint density at radius 1 is 1.18 bits per heavy atom. The predicted molar refractivity (Wildman–Crippen MR) is 96.1 cm³/mol. The number of aryl methyl sites for hydroxylation is 1. The van der Waals surface area contributed by atoms with Crippen LogP contribution in [-0.4, -0.2) is 40.3 Å². The number of pyridine rings is 1. The van der Waals surface area contributed by atoms with E-state index in [0.29, 0.717) is 18.1 Å². The van der Waals surface area contributed by atoms with E-state index >= 15 is 0 Å². The van der Waals surface area contributed by atoms with Crippen molar-refractivity contribution in [2.45, 2.75) is 30.5 Å². The molecule has 0 bridgehead atoms. The van der Waals surface area contributed by atoms with E-state index in [2.05, 4.69) is 9.97 Å². The number of fused-ring (bicyclic) bond motifs is 1. The third-order valence-electron chi connectivity index (χ3n) is 4.92. The molecular weight excluding hydrogens is 393 g/mol. The first kappa shape index (κ1) is 18.9. The van der Waals surface area contributed by atoms with E-state index in [9.17, 15) is 21.6 Å². The van der Waals surface area contributed by atoms with Crippen molar-refractivity contribution < 1.29 is 21.6 Å². The Hall–Kier alpha value is -2.46. The topological polar surface area (TPSA) is 68.1 Å². The van der Waals surface area contributed by atoms with Gasteiger partial charge in [-0.05, 0) is 43.7 Å². The molecule has 1 aliphatic rings. The monoisotopic (exact) mass is 410 g/mol. The molecule has 0 radical (unpaired) electrons. The molecule has 10 heteroatoms. The van der Waals surface area contributed by atoms with Gasteiger partial charge in [-0.3, -0.25) is 0 Å². The molecule has 3 heterocycles. The quantitative estimate of drug-likeness (QED) is 0.664. The third kappa shape index (κ3) is 3.16. The van der Waals surface area contributed by atoms with Gasteiger partial charge in [-0.2, -0.15) is 17.5 Å². The molecule has 6 nitrogen and oxygen atoms in total. The third-order valence-corrected chi connectivity index (χ3v) is 6.78. The standard InChI is InChI=1S/C18H17F3N4O2S/c1-12-23-16-6-3-8-22-17(16)25(12)14-7-9-24(11-14)28(26,27)15-5-2-4-13(10-15)18(19,20)21/h2-6,8,10,14H,7,9,11H2,1H3/t14-/m1/s1. The van der Waals surface area contributed by atoms with Gasteiger partial charge in [-0.25, -0.2) is 18.4 Å². The van der Waals surface area contributed by atoms with Crippen molar-refractivity contribution in [3.05, 3.63) is 54.0 Å². The van der Waals surface area contributed by atoms with Crippen LogP contribution in [0.1, 0.15) is 23.9 Å². The Bertz CT molecular complexity index is 1140. The Morgan fingerprint density at radius 2 is 1.96 bits per heavy atom. The largest absolute Gasteiger partial charge is 0.416 e. The van der Waals surface area contributed by atoms with E-state index in [1.54, 1.807) is 12.3 Å². The molecule has 0 unspecified atom stereocenters. The van der Waals surface area contributed by atoms with Crippen LogP contribution in [-0.2, 0) is 16.2 Å². The van der Waals surface area contributed by atoms with E-state index in [1.807, 2.05) is 17.6 Å². The maximum atomic E-state index is 12.9. The molecular formula is C18H17F3N4O2S. The number of aromatic nitrogens is 3. The van der Waals surface area contributed by atoms with Gasteiger partial charge in [0.2, 0.25) is 10.0 Å². The summed E-state index contributed by atoms with van der Waals surface area (Å²) in [5.74, 6) is 0.719. The first-order valence-electron chi connectivity index (χ1n) is 8.65. The van der Waals surface area contributed by atoms with Crippen LogP contribution in [0, 0.1) is 6.92 Å². The molecule has 0 amide bonds. The van der Waals surface area contributed by atoms with Gasteiger partial charge in [-0.15, -0.1) is 0 Å². The van der Waals surface area contributed by atoms with E-state index in [0.717, 1.165) is 23.5 Å². The average molecular weight is 410 g/mol. The zero-order chi connectivity index (χ0) is 20.1. The summed E-state index contributed by atoms with van der Waals surface area (Å²) in [4.78, 5) is 8.43. The van der Waals surface area contributed by atoms with Crippen LogP contribution in [0.2, 0.25) is 0 Å². The predicted octanol–water partition coefficient (Wildman–Crippen LogP) is 3.39. The molecule has 1 aliphatic heterocycles. The first-order chi connectivity index (χ1) is 13.2. The lowest BCUT2D eigenvalue weighted by molar-refractivity contribution is -0.137. The minimum atomic E-state index is -4.60. The summed E-state index contributed by atoms with van der Waals surface area (Å²) in [5, 5.41) is 0. The molecule has 1 saturated heterocycles. The van der Waals surface area contributed by atoms with E-state index in [4.69, 9.17) is 0 Å². The van der Waals surface area contributed by atoms with Crippen LogP contribution in [0.4, 0.5) is 13.2 Å². The van der Waals surface area contributed by atoms with Gasteiger partial charge in [-0.1, -0.05) is 6.07 Å². The number of sulfonamides is 1. The van der Waals surface area contributed by atoms with Gasteiger partial charge in [0, 0.05) is 19.3 Å². The van der Waals surface area contributed by atoms with Gasteiger partial charge < -0.3 is 4.57 Å². The highest BCUT2D eigenvalue weighted by Gasteiger charge is 2.36. The van der Waals surface area contributed by atoms with Crippen LogP contribution in [0.5, 0.6) is 0 Å². The van der Waals surface area contributed by atoms with E-state index in [1.165, 1.54) is 10.4 Å². The molecule has 4 rings (SSSR count). The lowest BCUT2D eigenvalue weighted by atomic mass is 10.2. The Kier molecular flexibility index (Phi) is 4.42. The fourth-order valence-corrected chi connectivity index (χ4v) is 5.14. The molecule has 2 aromatic heterocycles. The summed E-state index contributed by atoms with van der Waals surface area (Å²) < 4.78 is 67.8. The zero-order valence-electron chi connectivity index (χ0n) is 14.9. The SMILES string of the molecule is Cc1nc2cccnc2n1[C@@H]1CCN(S(=O)(=O)c2cccc(C(F)(F)F)c2)C1. The van der Waals surface area contributed by atoms with Crippen molar-refractivity contribution in [2.24, 2.45) is 0 Å². The van der Waals surface area contributed by atoms with Crippen molar-refractivity contribution in [3.63, 3.8) is 0 Å². The van der Waals surface area contributed by atoms with Gasteiger partial charge >= 0.3 is 6.18 Å². The van der Waals surface area contributed by atoms with Crippen molar-refractivity contribution in [1.29, 1.82) is 0 Å². The number of halogens is 3. The zero-order valence-corrected chi connectivity index (χ0v) is 15.7. The molecule has 1 atom stereocenters. The number of rotatable bonds is 3. The lowest BCUT2D eigenvalue weighted by Gasteiger charge is -2.19. The summed E-state index contributed by atoms with van der Waals surface area (Å²) in [7, 11) is -4.03. The summed E-state index contributed by atoms with van der Waals surface area (Å²) in [6.45, 7) is 2.20. The highest BCUT2D eigenvalue weighted by Crippen LogP contribution is 2.33. The van der Waals surface area contributed by atoms with Crippen LogP contribution < -0.4 is 0 Å². The summed E-state index contributed by atoms with van der Waals surface area (Å²) in [6.07, 6.45) is -2.43. The molecule has 0 N–H and O–H groups in total. The number of nitrogens with zero attached hydrogens (tertiary/aromatic N) is 4. The maximum Gasteiger partial charge on any atom is 0.416 e. The second-order valence-electron chi connectivity index (χ2n) is 6.71. The number of hydrogen-bond donors (Lipinski definition) is 0. The Morgan fingerprint density at radius 3 is 2.71 bits per heavy atom. The highest BCUT2D eigenvalue weighted by atomic mass is 32.2. The van der Waals surface area contributed by atoms with E-state index in [-0.39, 0.29) is 24.0 Å². The fourth-order valence-electron chi connectivity index (χ4n) is 3.60. The van der Waals surface area contributed by atoms with Gasteiger partial charge in [0.25, 0.3) is 0 Å². The fraction of sp³-hybridized carbons (Fsp3) is 0.333. The number of hydrogen-bond acceptors (Lipinski definition) is 4. The molecule has 1 fully saturated rings. The van der Waals surface area contributed by atoms with Crippen LogP contribution >= 0.6 is 0 Å². The van der Waals surface area contributed by atoms with Crippen LogP contribution in [0.15, 0.2) is 47.5 Å². The molecule has 0 aliphatic carbocycles. The Labute approximate surface area is 159 Å². The highest BCUT2D eigenvalue weighted by molar-refractivity contribution is 7.89. The first-order valence-corrected chi connectivity index (χ1v) is 10.1. The van der Waals surface area contributed by atoms with Crippen LogP contribution in [0.25, 0.3) is 11.2 Å². The molecule has 1 aromatic carbocycles. The lowest BCUT2D eigenvalue weighted by Crippen LogP contribution is -2.29. The average Bonchev–Trinajstić information content (AvgIpc) is 3.25. The second-order valence-corrected chi connectivity index (χ2v) is 8.64. The number of benzene rings is 1. The van der Waals surface area contributed by atoms with Crippen LogP contribution in [0.3, 0.4) is 0 Å². The second kappa shape index (κ2) is 6.56. The smallest absolute Gasteiger partial charge is 0.308 e. The van der Waals surface area contributed by atoms with Gasteiger partial charge in [0.1, 0.15) is 11.3 Å². The summed E-state index contributed by atoms with van der Waals surface area (Å²) >= 11 is 0. The summed E-state index contributed by atoms with van der Waals surface area (Å²) in [6, 6.07) is 7.27. The minimum absolute atomic E-state index is 0.154. The summed E-state index contributed by atoms with van der Waals surface area (Å²) in [5.41, 5.74) is 0.410. The minimum Gasteiger partial charge on any atom is -0.308 e. The maximum absolute atomic E-state index is 12.9. The molecule has 28 heavy (non-hydrogen) atoms. The van der Waals surface area contributed by atoms with Gasteiger partial charge in [0.15, 0.2) is 5.65 Å². The molecule has 3 aromatic rings. The Balaban J connectivity index is 1.64. The van der Waals surface area contributed by atoms with Crippen molar-refractivity contribution in [2.75, 3.05) is 13.1 Å². The normalized spacial score (nSPS) is 18.8. The van der Waals surface area contributed by atoms with E-state index < -0.39 is 21.8 Å². The number of imidazole rings is 1.